The van der Waals surface area contributed by atoms with Crippen molar-refractivity contribution in [2.24, 2.45) is 0 Å². The third-order valence-electron chi connectivity index (χ3n) is 4.18. The van der Waals surface area contributed by atoms with Crippen LogP contribution in [0.15, 0.2) is 12.1 Å². The molecule has 0 bridgehead atoms. The lowest BCUT2D eigenvalue weighted by molar-refractivity contribution is 0.0599. The molecule has 3 heterocycles. The third kappa shape index (κ3) is 3.53. The van der Waals surface area contributed by atoms with Crippen molar-refractivity contribution < 1.29 is 9.53 Å². The van der Waals surface area contributed by atoms with Crippen molar-refractivity contribution in [3.8, 4) is 0 Å². The zero-order valence-electron chi connectivity index (χ0n) is 14.2. The Balaban J connectivity index is 1.60. The van der Waals surface area contributed by atoms with E-state index < -0.39 is 0 Å². The second-order valence-corrected chi connectivity index (χ2v) is 5.89. The number of carbonyl (C=O) groups excluding carboxylic acids is 1. The first-order valence-electron chi connectivity index (χ1n) is 7.98. The predicted molar refractivity (Wildman–Crippen MR) is 88.9 cm³/mol. The average molecular weight is 330 g/mol. The smallest absolute Gasteiger partial charge is 0.339 e. The number of piperazine rings is 1. The zero-order chi connectivity index (χ0) is 17.1. The van der Waals surface area contributed by atoms with Crippen LogP contribution in [0, 0.1) is 13.8 Å². The number of methoxy groups -OCH3 is 1. The van der Waals surface area contributed by atoms with Gasteiger partial charge in [0.05, 0.1) is 24.9 Å². The molecule has 0 aromatic carbocycles. The number of anilines is 1. The van der Waals surface area contributed by atoms with E-state index in [-0.39, 0.29) is 5.97 Å². The molecule has 3 rings (SSSR count). The lowest BCUT2D eigenvalue weighted by Gasteiger charge is -2.35. The van der Waals surface area contributed by atoms with Gasteiger partial charge >= 0.3 is 5.97 Å². The monoisotopic (exact) mass is 330 g/mol. The highest BCUT2D eigenvalue weighted by atomic mass is 16.5. The van der Waals surface area contributed by atoms with Crippen LogP contribution < -0.4 is 4.90 Å². The summed E-state index contributed by atoms with van der Waals surface area (Å²) < 4.78 is 4.76. The molecule has 0 radical (unpaired) electrons. The van der Waals surface area contributed by atoms with Crippen LogP contribution in [0.3, 0.4) is 0 Å². The van der Waals surface area contributed by atoms with Crippen molar-refractivity contribution >= 4 is 11.8 Å². The number of nitrogens with one attached hydrogen (secondary N) is 1. The highest BCUT2D eigenvalue weighted by Crippen LogP contribution is 2.18. The Kier molecular flexibility index (Phi) is 4.75. The van der Waals surface area contributed by atoms with Gasteiger partial charge in [0, 0.05) is 26.2 Å². The number of esters is 1. The summed E-state index contributed by atoms with van der Waals surface area (Å²) in [4.78, 5) is 25.1. The Morgan fingerprint density at radius 3 is 2.54 bits per heavy atom. The molecule has 2 aromatic rings. The summed E-state index contributed by atoms with van der Waals surface area (Å²) in [5.74, 6) is 2.22. The predicted octanol–water partition coefficient (Wildman–Crippen LogP) is 0.925. The molecule has 128 valence electrons. The van der Waals surface area contributed by atoms with Gasteiger partial charge in [-0.3, -0.25) is 10.00 Å². The molecule has 8 nitrogen and oxygen atoms in total. The van der Waals surface area contributed by atoms with Gasteiger partial charge in [-0.15, -0.1) is 0 Å². The number of ether oxygens (including phenoxy) is 1. The maximum atomic E-state index is 11.6. The van der Waals surface area contributed by atoms with E-state index in [2.05, 4.69) is 30.0 Å². The molecule has 8 heteroatoms. The molecule has 1 fully saturated rings. The standard InChI is InChI=1S/C16H22N6O2/c1-11-13(16(23)24-3)4-5-15(17-11)22-8-6-21(7-9-22)10-14-18-12(2)19-20-14/h4-5H,6-10H2,1-3H3,(H,18,19,20). The number of aromatic nitrogens is 4. The van der Waals surface area contributed by atoms with E-state index in [4.69, 9.17) is 4.74 Å². The lowest BCUT2D eigenvalue weighted by Crippen LogP contribution is -2.46. The number of rotatable bonds is 4. The molecule has 0 aliphatic carbocycles. The molecule has 0 unspecified atom stereocenters. The first kappa shape index (κ1) is 16.4. The molecule has 0 spiro atoms. The number of aromatic amines is 1. The van der Waals surface area contributed by atoms with Crippen LogP contribution in [-0.2, 0) is 11.3 Å². The molecule has 0 atom stereocenters. The third-order valence-corrected chi connectivity index (χ3v) is 4.18. The topological polar surface area (TPSA) is 87.2 Å². The van der Waals surface area contributed by atoms with Crippen molar-refractivity contribution in [2.45, 2.75) is 20.4 Å². The Morgan fingerprint density at radius 2 is 1.96 bits per heavy atom. The van der Waals surface area contributed by atoms with Crippen LogP contribution in [0.4, 0.5) is 5.82 Å². The van der Waals surface area contributed by atoms with Gasteiger partial charge in [-0.2, -0.15) is 5.10 Å². The van der Waals surface area contributed by atoms with E-state index in [1.54, 1.807) is 6.07 Å². The Bertz CT molecular complexity index is 721. The number of hydrogen-bond donors (Lipinski definition) is 1. The van der Waals surface area contributed by atoms with Gasteiger partial charge in [-0.05, 0) is 26.0 Å². The van der Waals surface area contributed by atoms with Crippen LogP contribution in [0.1, 0.15) is 27.7 Å². The number of hydrogen-bond acceptors (Lipinski definition) is 7. The van der Waals surface area contributed by atoms with E-state index in [1.165, 1.54) is 7.11 Å². The highest BCUT2D eigenvalue weighted by Gasteiger charge is 2.20. The number of pyridine rings is 1. The summed E-state index contributed by atoms with van der Waals surface area (Å²) in [5, 5.41) is 7.06. The normalized spacial score (nSPS) is 15.5. The molecule has 24 heavy (non-hydrogen) atoms. The first-order valence-corrected chi connectivity index (χ1v) is 7.98. The molecule has 0 saturated carbocycles. The fourth-order valence-corrected chi connectivity index (χ4v) is 2.84. The van der Waals surface area contributed by atoms with Gasteiger partial charge in [-0.1, -0.05) is 0 Å². The Hall–Kier alpha value is -2.48. The van der Waals surface area contributed by atoms with E-state index in [1.807, 2.05) is 19.9 Å². The van der Waals surface area contributed by atoms with Crippen LogP contribution in [-0.4, -0.2) is 64.3 Å². The average Bonchev–Trinajstić information content (AvgIpc) is 2.99. The fraction of sp³-hybridized carbons (Fsp3) is 0.500. The quantitative estimate of drug-likeness (QED) is 0.834. The molecular weight excluding hydrogens is 308 g/mol. The van der Waals surface area contributed by atoms with E-state index in [0.29, 0.717) is 11.3 Å². The van der Waals surface area contributed by atoms with Crippen LogP contribution in [0.2, 0.25) is 0 Å². The fourth-order valence-electron chi connectivity index (χ4n) is 2.84. The van der Waals surface area contributed by atoms with Crippen LogP contribution in [0.25, 0.3) is 0 Å². The minimum absolute atomic E-state index is 0.349. The Morgan fingerprint density at radius 1 is 1.21 bits per heavy atom. The van der Waals surface area contributed by atoms with Crippen molar-refractivity contribution in [1.29, 1.82) is 0 Å². The molecule has 1 saturated heterocycles. The zero-order valence-corrected chi connectivity index (χ0v) is 14.2. The minimum atomic E-state index is -0.349. The second-order valence-electron chi connectivity index (χ2n) is 5.89. The summed E-state index contributed by atoms with van der Waals surface area (Å²) in [6.07, 6.45) is 0. The maximum absolute atomic E-state index is 11.6. The van der Waals surface area contributed by atoms with Crippen molar-refractivity contribution in [3.05, 3.63) is 35.0 Å². The molecule has 1 aliphatic rings. The molecular formula is C16H22N6O2. The summed E-state index contributed by atoms with van der Waals surface area (Å²) >= 11 is 0. The number of nitrogens with zero attached hydrogens (tertiary/aromatic N) is 5. The second kappa shape index (κ2) is 6.96. The lowest BCUT2D eigenvalue weighted by atomic mass is 10.2. The molecule has 1 aliphatic heterocycles. The van der Waals surface area contributed by atoms with Gasteiger partial charge in [0.15, 0.2) is 5.82 Å². The van der Waals surface area contributed by atoms with Gasteiger partial charge in [0.25, 0.3) is 0 Å². The van der Waals surface area contributed by atoms with Gasteiger partial charge in [0.1, 0.15) is 11.6 Å². The molecule has 2 aromatic heterocycles. The molecule has 1 N–H and O–H groups in total. The van der Waals surface area contributed by atoms with Crippen LogP contribution >= 0.6 is 0 Å². The SMILES string of the molecule is COC(=O)c1ccc(N2CCN(Cc3n[nH]c(C)n3)CC2)nc1C. The number of H-pyrrole nitrogens is 1. The van der Waals surface area contributed by atoms with E-state index >= 15 is 0 Å². The van der Waals surface area contributed by atoms with Crippen molar-refractivity contribution in [3.63, 3.8) is 0 Å². The summed E-state index contributed by atoms with van der Waals surface area (Å²) in [7, 11) is 1.38. The Labute approximate surface area is 140 Å². The van der Waals surface area contributed by atoms with Gasteiger partial charge < -0.3 is 9.64 Å². The van der Waals surface area contributed by atoms with Gasteiger partial charge in [-0.25, -0.2) is 14.8 Å². The summed E-state index contributed by atoms with van der Waals surface area (Å²) in [6.45, 7) is 8.10. The summed E-state index contributed by atoms with van der Waals surface area (Å²) in [6, 6.07) is 3.67. The van der Waals surface area contributed by atoms with Crippen molar-refractivity contribution in [2.75, 3.05) is 38.2 Å². The number of aryl methyl sites for hydroxylation is 2. The summed E-state index contributed by atoms with van der Waals surface area (Å²) in [5.41, 5.74) is 1.21. The largest absolute Gasteiger partial charge is 0.465 e. The molecule has 0 amide bonds. The van der Waals surface area contributed by atoms with E-state index in [9.17, 15) is 4.79 Å². The maximum Gasteiger partial charge on any atom is 0.339 e. The van der Waals surface area contributed by atoms with Crippen LogP contribution in [0.5, 0.6) is 0 Å². The van der Waals surface area contributed by atoms with E-state index in [0.717, 1.165) is 50.2 Å². The van der Waals surface area contributed by atoms with Crippen molar-refractivity contribution in [1.82, 2.24) is 25.1 Å². The number of carbonyl (C=O) groups is 1. The minimum Gasteiger partial charge on any atom is -0.465 e. The van der Waals surface area contributed by atoms with Gasteiger partial charge in [0.2, 0.25) is 0 Å². The first-order chi connectivity index (χ1) is 11.6. The highest BCUT2D eigenvalue weighted by molar-refractivity contribution is 5.90.